The fourth-order valence-electron chi connectivity index (χ4n) is 2.99. The van der Waals surface area contributed by atoms with Crippen molar-refractivity contribution in [2.45, 2.75) is 19.8 Å². The van der Waals surface area contributed by atoms with E-state index in [0.29, 0.717) is 0 Å². The average Bonchev–Trinajstić information content (AvgIpc) is 2.42. The Balaban J connectivity index is 1.90. The molecule has 1 aromatic heterocycles. The summed E-state index contributed by atoms with van der Waals surface area (Å²) in [4.78, 5) is 4.44. The summed E-state index contributed by atoms with van der Waals surface area (Å²) in [5, 5.41) is 4.80. The lowest BCUT2D eigenvalue weighted by Crippen LogP contribution is -2.35. The minimum absolute atomic E-state index is 0.769. The minimum atomic E-state index is 0.769. The summed E-state index contributed by atoms with van der Waals surface area (Å²) >= 11 is 0. The smallest absolute Gasteiger partial charge is 0.0704 e. The molecule has 2 aromatic rings. The Morgan fingerprint density at radius 3 is 3.06 bits per heavy atom. The second kappa shape index (κ2) is 5.07. The number of rotatable bonds is 2. The Bertz CT molecular complexity index is 530. The molecule has 3 rings (SSSR count). The van der Waals surface area contributed by atoms with Gasteiger partial charge in [0.15, 0.2) is 0 Å². The van der Waals surface area contributed by atoms with Crippen molar-refractivity contribution in [3.63, 3.8) is 0 Å². The third-order valence-corrected chi connectivity index (χ3v) is 4.18. The number of nitrogens with zero attached hydrogens (tertiary/aromatic N) is 1. The number of fused-ring (bicyclic) bond motifs is 1. The van der Waals surface area contributed by atoms with Crippen molar-refractivity contribution in [3.05, 3.63) is 42.1 Å². The lowest BCUT2D eigenvalue weighted by atomic mass is 9.82. The van der Waals surface area contributed by atoms with Crippen LogP contribution in [0.25, 0.3) is 10.9 Å². The summed E-state index contributed by atoms with van der Waals surface area (Å²) in [6, 6.07) is 10.7. The maximum atomic E-state index is 4.44. The normalized spacial score (nSPS) is 24.3. The number of para-hydroxylation sites is 1. The van der Waals surface area contributed by atoms with Gasteiger partial charge in [-0.1, -0.05) is 25.1 Å². The third kappa shape index (κ3) is 2.25. The van der Waals surface area contributed by atoms with Crippen molar-refractivity contribution in [2.75, 3.05) is 13.1 Å². The molecule has 94 valence electrons. The zero-order valence-corrected chi connectivity index (χ0v) is 10.9. The third-order valence-electron chi connectivity index (χ3n) is 4.18. The van der Waals surface area contributed by atoms with Crippen LogP contribution in [0.3, 0.4) is 0 Å². The van der Waals surface area contributed by atoms with Crippen LogP contribution >= 0.6 is 0 Å². The summed E-state index contributed by atoms with van der Waals surface area (Å²) in [7, 11) is 0. The van der Waals surface area contributed by atoms with Gasteiger partial charge in [0.25, 0.3) is 0 Å². The van der Waals surface area contributed by atoms with Crippen LogP contribution in [-0.2, 0) is 6.42 Å². The monoisotopic (exact) mass is 240 g/mol. The number of piperidine rings is 1. The van der Waals surface area contributed by atoms with Crippen molar-refractivity contribution in [1.82, 2.24) is 10.3 Å². The van der Waals surface area contributed by atoms with E-state index in [1.54, 1.807) is 0 Å². The first kappa shape index (κ1) is 11.7. The zero-order valence-electron chi connectivity index (χ0n) is 10.9. The highest BCUT2D eigenvalue weighted by atomic mass is 14.9. The lowest BCUT2D eigenvalue weighted by molar-refractivity contribution is 0.272. The molecule has 1 saturated heterocycles. The fourth-order valence-corrected chi connectivity index (χ4v) is 2.99. The summed E-state index contributed by atoms with van der Waals surface area (Å²) in [6.07, 6.45) is 4.42. The van der Waals surface area contributed by atoms with Crippen LogP contribution in [0, 0.1) is 11.8 Å². The molecule has 2 unspecified atom stereocenters. The van der Waals surface area contributed by atoms with Gasteiger partial charge in [0.2, 0.25) is 0 Å². The van der Waals surface area contributed by atoms with Gasteiger partial charge in [-0.25, -0.2) is 0 Å². The highest BCUT2D eigenvalue weighted by Crippen LogP contribution is 2.26. The van der Waals surface area contributed by atoms with Crippen molar-refractivity contribution >= 4 is 10.9 Å². The van der Waals surface area contributed by atoms with Crippen LogP contribution < -0.4 is 5.32 Å². The average molecular weight is 240 g/mol. The molecule has 0 spiro atoms. The molecule has 2 heterocycles. The first-order valence-corrected chi connectivity index (χ1v) is 6.88. The number of pyridine rings is 1. The SMILES string of the molecule is CC1CNCCC1Cc1ccnc2ccccc12. The molecule has 0 radical (unpaired) electrons. The molecule has 0 saturated carbocycles. The summed E-state index contributed by atoms with van der Waals surface area (Å²) < 4.78 is 0. The van der Waals surface area contributed by atoms with Crippen molar-refractivity contribution < 1.29 is 0 Å². The number of aromatic nitrogens is 1. The molecule has 0 amide bonds. The van der Waals surface area contributed by atoms with Gasteiger partial charge < -0.3 is 5.32 Å². The van der Waals surface area contributed by atoms with Crippen molar-refractivity contribution in [3.8, 4) is 0 Å². The molecule has 0 aliphatic carbocycles. The Kier molecular flexibility index (Phi) is 3.28. The van der Waals surface area contributed by atoms with Crippen molar-refractivity contribution in [2.24, 2.45) is 11.8 Å². The number of hydrogen-bond donors (Lipinski definition) is 1. The maximum Gasteiger partial charge on any atom is 0.0704 e. The topological polar surface area (TPSA) is 24.9 Å². The zero-order chi connectivity index (χ0) is 12.4. The molecule has 1 aliphatic heterocycles. The molecule has 1 fully saturated rings. The summed E-state index contributed by atoms with van der Waals surface area (Å²) in [5.41, 5.74) is 2.58. The second-order valence-corrected chi connectivity index (χ2v) is 5.42. The second-order valence-electron chi connectivity index (χ2n) is 5.42. The minimum Gasteiger partial charge on any atom is -0.316 e. The van der Waals surface area contributed by atoms with Crippen LogP contribution in [0.2, 0.25) is 0 Å². The van der Waals surface area contributed by atoms with E-state index < -0.39 is 0 Å². The predicted octanol–water partition coefficient (Wildman–Crippen LogP) is 3.02. The molecule has 1 aliphatic rings. The first-order chi connectivity index (χ1) is 8.84. The van der Waals surface area contributed by atoms with E-state index in [1.807, 2.05) is 6.20 Å². The number of benzene rings is 1. The molecule has 2 nitrogen and oxygen atoms in total. The predicted molar refractivity (Wildman–Crippen MR) is 75.6 cm³/mol. The molecule has 2 atom stereocenters. The van der Waals surface area contributed by atoms with E-state index in [4.69, 9.17) is 0 Å². The first-order valence-electron chi connectivity index (χ1n) is 6.88. The van der Waals surface area contributed by atoms with E-state index in [9.17, 15) is 0 Å². The van der Waals surface area contributed by atoms with Crippen LogP contribution in [0.1, 0.15) is 18.9 Å². The van der Waals surface area contributed by atoms with E-state index >= 15 is 0 Å². The van der Waals surface area contributed by atoms with Gasteiger partial charge in [-0.15, -0.1) is 0 Å². The Morgan fingerprint density at radius 1 is 1.28 bits per heavy atom. The van der Waals surface area contributed by atoms with Gasteiger partial charge in [0.1, 0.15) is 0 Å². The van der Waals surface area contributed by atoms with Gasteiger partial charge >= 0.3 is 0 Å². The van der Waals surface area contributed by atoms with Crippen LogP contribution in [0.15, 0.2) is 36.5 Å². The summed E-state index contributed by atoms with van der Waals surface area (Å²) in [6.45, 7) is 4.69. The standard InChI is InChI=1S/C16H20N2/c1-12-11-17-8-6-13(12)10-14-7-9-18-16-5-3-2-4-15(14)16/h2-5,7,9,12-13,17H,6,8,10-11H2,1H3. The van der Waals surface area contributed by atoms with Gasteiger partial charge in [-0.3, -0.25) is 4.98 Å². The molecule has 18 heavy (non-hydrogen) atoms. The van der Waals surface area contributed by atoms with E-state index in [0.717, 1.165) is 30.4 Å². The van der Waals surface area contributed by atoms with Gasteiger partial charge in [-0.2, -0.15) is 0 Å². The summed E-state index contributed by atoms with van der Waals surface area (Å²) in [5.74, 6) is 1.57. The van der Waals surface area contributed by atoms with Gasteiger partial charge in [0, 0.05) is 11.6 Å². The van der Waals surface area contributed by atoms with Crippen LogP contribution in [0.4, 0.5) is 0 Å². The highest BCUT2D eigenvalue weighted by molar-refractivity contribution is 5.81. The Hall–Kier alpha value is -1.41. The lowest BCUT2D eigenvalue weighted by Gasteiger charge is -2.29. The highest BCUT2D eigenvalue weighted by Gasteiger charge is 2.21. The number of nitrogens with one attached hydrogen (secondary N) is 1. The van der Waals surface area contributed by atoms with E-state index in [-0.39, 0.29) is 0 Å². The van der Waals surface area contributed by atoms with Gasteiger partial charge in [-0.05, 0) is 55.5 Å². The number of hydrogen-bond acceptors (Lipinski definition) is 2. The van der Waals surface area contributed by atoms with Crippen molar-refractivity contribution in [1.29, 1.82) is 0 Å². The molecule has 2 heteroatoms. The quantitative estimate of drug-likeness (QED) is 0.872. The van der Waals surface area contributed by atoms with Gasteiger partial charge in [0.05, 0.1) is 5.52 Å². The van der Waals surface area contributed by atoms with Crippen LogP contribution in [-0.4, -0.2) is 18.1 Å². The molecule has 1 N–H and O–H groups in total. The maximum absolute atomic E-state index is 4.44. The molecular weight excluding hydrogens is 220 g/mol. The molecule has 0 bridgehead atoms. The molecular formula is C16H20N2. The fraction of sp³-hybridized carbons (Fsp3) is 0.438. The Morgan fingerprint density at radius 2 is 2.17 bits per heavy atom. The molecule has 1 aromatic carbocycles. The van der Waals surface area contributed by atoms with E-state index in [2.05, 4.69) is 47.6 Å². The van der Waals surface area contributed by atoms with E-state index in [1.165, 1.54) is 23.8 Å². The Labute approximate surface area is 108 Å². The van der Waals surface area contributed by atoms with Crippen LogP contribution in [0.5, 0.6) is 0 Å². The largest absolute Gasteiger partial charge is 0.316 e.